The molecule has 3 N–H and O–H groups in total. The first kappa shape index (κ1) is 20.0. The maximum Gasteiger partial charge on any atom is 0.129 e. The highest BCUT2D eigenvalue weighted by molar-refractivity contribution is 7.21. The number of methoxy groups -OCH3 is 1. The molecule has 0 atom stereocenters. The number of oxime groups is 2. The van der Waals surface area contributed by atoms with E-state index in [0.717, 1.165) is 61.6 Å². The van der Waals surface area contributed by atoms with Crippen molar-refractivity contribution in [3.63, 3.8) is 0 Å². The fraction of sp³-hybridized carbons (Fsp3) is 0.125. The van der Waals surface area contributed by atoms with Gasteiger partial charge in [0.15, 0.2) is 0 Å². The topological polar surface area (TPSA) is 99.3 Å². The average molecular weight is 445 g/mol. The van der Waals surface area contributed by atoms with E-state index in [0.29, 0.717) is 11.4 Å². The zero-order chi connectivity index (χ0) is 22.1. The summed E-state index contributed by atoms with van der Waals surface area (Å²) in [5, 5.41) is 30.7. The van der Waals surface area contributed by atoms with Gasteiger partial charge in [0, 0.05) is 34.6 Å². The fourth-order valence-electron chi connectivity index (χ4n) is 4.02. The first-order valence-electron chi connectivity index (χ1n) is 10.1. The van der Waals surface area contributed by atoms with Gasteiger partial charge in [-0.1, -0.05) is 16.4 Å². The number of pyridine rings is 1. The van der Waals surface area contributed by atoms with E-state index in [1.807, 2.05) is 48.7 Å². The number of aryl methyl sites for hydroxylation is 1. The summed E-state index contributed by atoms with van der Waals surface area (Å²) >= 11 is 1.51. The first-order valence-corrected chi connectivity index (χ1v) is 10.9. The molecule has 8 heteroatoms. The Labute approximate surface area is 188 Å². The molecule has 0 unspecified atom stereocenters. The summed E-state index contributed by atoms with van der Waals surface area (Å²) in [7, 11) is 1.61. The number of benzene rings is 2. The third-order valence-corrected chi connectivity index (χ3v) is 6.76. The van der Waals surface area contributed by atoms with Gasteiger partial charge in [-0.15, -0.1) is 11.3 Å². The molecule has 0 saturated heterocycles. The average Bonchev–Trinajstić information content (AvgIpc) is 3.41. The highest BCUT2D eigenvalue weighted by Gasteiger charge is 2.22. The van der Waals surface area contributed by atoms with E-state index >= 15 is 0 Å². The second kappa shape index (κ2) is 8.32. The number of thiophene rings is 1. The van der Waals surface area contributed by atoms with E-state index < -0.39 is 0 Å². The zero-order valence-corrected chi connectivity index (χ0v) is 18.1. The lowest BCUT2D eigenvalue weighted by molar-refractivity contribution is 0.318. The summed E-state index contributed by atoms with van der Waals surface area (Å²) in [6.07, 6.45) is 5.12. The Kier molecular flexibility index (Phi) is 5.20. The van der Waals surface area contributed by atoms with Crippen molar-refractivity contribution < 1.29 is 15.2 Å². The summed E-state index contributed by atoms with van der Waals surface area (Å²) in [4.78, 5) is 5.05. The molecule has 1 aliphatic carbocycles. The molecule has 2 aromatic carbocycles. The summed E-state index contributed by atoms with van der Waals surface area (Å²) in [6, 6.07) is 15.4. The molecule has 0 fully saturated rings. The number of anilines is 2. The van der Waals surface area contributed by atoms with Crippen molar-refractivity contribution in [3.05, 3.63) is 82.5 Å². The molecule has 7 nitrogen and oxygen atoms in total. The Hall–Kier alpha value is -3.91. The van der Waals surface area contributed by atoms with Crippen LogP contribution in [0.5, 0.6) is 5.75 Å². The lowest BCUT2D eigenvalue weighted by Crippen LogP contribution is -2.05. The second-order valence-electron chi connectivity index (χ2n) is 7.40. The minimum absolute atomic E-state index is 0.465. The van der Waals surface area contributed by atoms with E-state index in [-0.39, 0.29) is 0 Å². The molecule has 0 spiro atoms. The number of rotatable bonds is 5. The van der Waals surface area contributed by atoms with Gasteiger partial charge in [0.2, 0.25) is 0 Å². The lowest BCUT2D eigenvalue weighted by Gasteiger charge is -2.12. The molecule has 4 aromatic rings. The number of ether oxygens (including phenoxy) is 1. The largest absolute Gasteiger partial charge is 0.497 e. The molecular weight excluding hydrogens is 424 g/mol. The van der Waals surface area contributed by atoms with E-state index in [9.17, 15) is 10.4 Å². The quantitative estimate of drug-likeness (QED) is 0.217. The smallest absolute Gasteiger partial charge is 0.129 e. The molecule has 0 bridgehead atoms. The van der Waals surface area contributed by atoms with Crippen LogP contribution in [-0.4, -0.2) is 33.9 Å². The maximum absolute atomic E-state index is 9.94. The molecule has 1 aliphatic rings. The van der Waals surface area contributed by atoms with E-state index in [2.05, 4.69) is 26.7 Å². The van der Waals surface area contributed by atoms with Crippen LogP contribution in [0.4, 0.5) is 11.4 Å². The Morgan fingerprint density at radius 3 is 2.69 bits per heavy atom. The van der Waals surface area contributed by atoms with Gasteiger partial charge < -0.3 is 20.5 Å². The van der Waals surface area contributed by atoms with Crippen LogP contribution in [0.2, 0.25) is 0 Å². The number of fused-ring (bicyclic) bond motifs is 2. The van der Waals surface area contributed by atoms with Crippen LogP contribution >= 0.6 is 11.3 Å². The number of hydrogen-bond acceptors (Lipinski definition) is 8. The molecule has 0 amide bonds. The Morgan fingerprint density at radius 1 is 1.09 bits per heavy atom. The van der Waals surface area contributed by atoms with Crippen LogP contribution in [-0.2, 0) is 6.42 Å². The number of hydrogen-bond donors (Lipinski definition) is 3. The van der Waals surface area contributed by atoms with Crippen LogP contribution < -0.4 is 10.1 Å². The molecule has 0 radical (unpaired) electrons. The lowest BCUT2D eigenvalue weighted by atomic mass is 10.1. The number of aromatic nitrogens is 1. The van der Waals surface area contributed by atoms with Gasteiger partial charge in [0.25, 0.3) is 0 Å². The molecule has 0 saturated carbocycles. The molecule has 2 aromatic heterocycles. The van der Waals surface area contributed by atoms with Crippen LogP contribution in [0.25, 0.3) is 10.1 Å². The first-order chi connectivity index (χ1) is 15.7. The molecule has 2 heterocycles. The molecular formula is C24H20N4O3S. The van der Waals surface area contributed by atoms with Crippen LogP contribution in [0.15, 0.2) is 71.2 Å². The van der Waals surface area contributed by atoms with E-state index in [4.69, 9.17) is 4.74 Å². The van der Waals surface area contributed by atoms with Gasteiger partial charge in [-0.25, -0.2) is 0 Å². The number of nitrogens with one attached hydrogen (secondary N) is 1. The molecule has 0 aliphatic heterocycles. The van der Waals surface area contributed by atoms with Crippen molar-refractivity contribution >= 4 is 44.2 Å². The van der Waals surface area contributed by atoms with Crippen LogP contribution in [0, 0.1) is 0 Å². The SMILES string of the molecule is COc1ccc(/C(=N\O)c2sc3cnccc3c2Nc2ccc3c(c2)CC/C3=N\O)cc1. The Morgan fingerprint density at radius 2 is 1.94 bits per heavy atom. The summed E-state index contributed by atoms with van der Waals surface area (Å²) in [6.45, 7) is 0. The third-order valence-electron chi connectivity index (χ3n) is 5.61. The summed E-state index contributed by atoms with van der Waals surface area (Å²) < 4.78 is 6.23. The molecule has 32 heavy (non-hydrogen) atoms. The predicted octanol–water partition coefficient (Wildman–Crippen LogP) is 5.40. The highest BCUT2D eigenvalue weighted by Crippen LogP contribution is 2.39. The van der Waals surface area contributed by atoms with Crippen molar-refractivity contribution in [1.29, 1.82) is 0 Å². The molecule has 5 rings (SSSR count). The predicted molar refractivity (Wildman–Crippen MR) is 126 cm³/mol. The van der Waals surface area contributed by atoms with Gasteiger partial charge in [-0.05, 0) is 60.9 Å². The van der Waals surface area contributed by atoms with E-state index in [1.165, 1.54) is 11.3 Å². The molecule has 160 valence electrons. The van der Waals surface area contributed by atoms with Crippen LogP contribution in [0.3, 0.4) is 0 Å². The highest BCUT2D eigenvalue weighted by atomic mass is 32.1. The Balaban J connectivity index is 1.59. The summed E-state index contributed by atoms with van der Waals surface area (Å²) in [5.41, 5.74) is 5.83. The van der Waals surface area contributed by atoms with Gasteiger partial charge >= 0.3 is 0 Å². The Bertz CT molecular complexity index is 1360. The van der Waals surface area contributed by atoms with E-state index in [1.54, 1.807) is 13.3 Å². The van der Waals surface area contributed by atoms with Crippen LogP contribution in [0.1, 0.15) is 28.0 Å². The normalized spacial score (nSPS) is 14.7. The van der Waals surface area contributed by atoms with Gasteiger partial charge in [-0.2, -0.15) is 0 Å². The van der Waals surface area contributed by atoms with Gasteiger partial charge in [0.05, 0.1) is 28.1 Å². The minimum atomic E-state index is 0.465. The van der Waals surface area contributed by atoms with Crippen molar-refractivity contribution in [1.82, 2.24) is 4.98 Å². The second-order valence-corrected chi connectivity index (χ2v) is 8.45. The standard InChI is InChI=1S/C24H20N4O3S/c1-31-17-6-2-14(3-7-17)22(28-30)24-23(19-10-11-25-13-21(19)32-24)26-16-5-8-18-15(12-16)4-9-20(18)27-29/h2-3,5-8,10-13,26,29-30H,4,9H2,1H3/b27-20+,28-22+. The number of nitrogens with zero attached hydrogens (tertiary/aromatic N) is 3. The van der Waals surface area contributed by atoms with Gasteiger partial charge in [-0.3, -0.25) is 4.98 Å². The van der Waals surface area contributed by atoms with Crippen molar-refractivity contribution in [3.8, 4) is 5.75 Å². The van der Waals surface area contributed by atoms with Crippen molar-refractivity contribution in [2.75, 3.05) is 12.4 Å². The summed E-state index contributed by atoms with van der Waals surface area (Å²) in [5.74, 6) is 0.730. The maximum atomic E-state index is 9.94. The van der Waals surface area contributed by atoms with Gasteiger partial charge in [0.1, 0.15) is 11.5 Å². The third kappa shape index (κ3) is 3.44. The zero-order valence-electron chi connectivity index (χ0n) is 17.2. The minimum Gasteiger partial charge on any atom is -0.497 e. The van der Waals surface area contributed by atoms with Crippen molar-refractivity contribution in [2.24, 2.45) is 10.3 Å². The fourth-order valence-corrected chi connectivity index (χ4v) is 5.15. The monoisotopic (exact) mass is 444 g/mol. The van der Waals surface area contributed by atoms with Crippen molar-refractivity contribution in [2.45, 2.75) is 12.8 Å².